The Balaban J connectivity index is 1.31. The van der Waals surface area contributed by atoms with Gasteiger partial charge in [-0.3, -0.25) is 5.10 Å². The van der Waals surface area contributed by atoms with Crippen molar-refractivity contribution in [2.24, 2.45) is 0 Å². The van der Waals surface area contributed by atoms with E-state index in [0.29, 0.717) is 19.6 Å². The van der Waals surface area contributed by atoms with Gasteiger partial charge in [0.1, 0.15) is 6.61 Å². The number of nitrogens with one attached hydrogen (secondary N) is 2. The molecule has 0 bridgehead atoms. The van der Waals surface area contributed by atoms with Crippen molar-refractivity contribution in [3.05, 3.63) is 76.6 Å². The first-order chi connectivity index (χ1) is 14.1. The lowest BCUT2D eigenvalue weighted by Crippen LogP contribution is -2.26. The Hall–Kier alpha value is -3.52. The van der Waals surface area contributed by atoms with Gasteiger partial charge in [0.2, 0.25) is 0 Å². The number of H-pyrrole nitrogens is 1. The number of fused-ring (bicyclic) bond motifs is 3. The van der Waals surface area contributed by atoms with Gasteiger partial charge in [-0.1, -0.05) is 60.4 Å². The molecule has 1 aromatic heterocycles. The Morgan fingerprint density at radius 2 is 1.76 bits per heavy atom. The highest BCUT2D eigenvalue weighted by atomic mass is 16.5. The van der Waals surface area contributed by atoms with Gasteiger partial charge in [-0.25, -0.2) is 4.79 Å². The molecule has 0 fully saturated rings. The van der Waals surface area contributed by atoms with Gasteiger partial charge < -0.3 is 10.1 Å². The fraction of sp³-hybridized carbons (Fsp3) is 0.250. The Kier molecular flexibility index (Phi) is 5.35. The van der Waals surface area contributed by atoms with Crippen LogP contribution >= 0.6 is 0 Å². The van der Waals surface area contributed by atoms with Gasteiger partial charge >= 0.3 is 6.09 Å². The number of aryl methyl sites for hydroxylation is 2. The number of nitrogens with zero attached hydrogens (tertiary/aromatic N) is 1. The fourth-order valence-corrected chi connectivity index (χ4v) is 3.76. The lowest BCUT2D eigenvalue weighted by molar-refractivity contribution is 0.143. The second-order valence-corrected chi connectivity index (χ2v) is 7.11. The molecule has 2 aromatic carbocycles. The Morgan fingerprint density at radius 1 is 1.10 bits per heavy atom. The first-order valence-electron chi connectivity index (χ1n) is 9.74. The minimum atomic E-state index is -0.413. The number of rotatable bonds is 4. The highest BCUT2D eigenvalue weighted by Crippen LogP contribution is 2.44. The third kappa shape index (κ3) is 3.88. The topological polar surface area (TPSA) is 67.0 Å². The standard InChI is InChI=1S/C24H23N3O2/c1-16-18(17(2)27-26-16)9-7-8-14-25-24(28)29-15-23-21-12-5-3-10-19(21)20-11-4-6-13-22(20)23/h3-6,10-13,23H,8,14-15H2,1-2H3,(H,25,28)(H,26,27). The average molecular weight is 385 g/mol. The maximum atomic E-state index is 12.1. The third-order valence-corrected chi connectivity index (χ3v) is 5.20. The summed E-state index contributed by atoms with van der Waals surface area (Å²) in [7, 11) is 0. The van der Waals surface area contributed by atoms with E-state index in [4.69, 9.17) is 4.74 Å². The van der Waals surface area contributed by atoms with Crippen molar-refractivity contribution in [1.82, 2.24) is 15.5 Å². The van der Waals surface area contributed by atoms with Crippen molar-refractivity contribution in [2.75, 3.05) is 13.2 Å². The van der Waals surface area contributed by atoms with Crippen LogP contribution in [0, 0.1) is 25.7 Å². The molecule has 0 saturated carbocycles. The zero-order valence-electron chi connectivity index (χ0n) is 16.6. The zero-order chi connectivity index (χ0) is 20.2. The molecule has 146 valence electrons. The van der Waals surface area contributed by atoms with Crippen LogP contribution in [0.25, 0.3) is 11.1 Å². The Labute approximate surface area is 170 Å². The average Bonchev–Trinajstić information content (AvgIpc) is 3.23. The van der Waals surface area contributed by atoms with E-state index in [2.05, 4.69) is 51.6 Å². The lowest BCUT2D eigenvalue weighted by Gasteiger charge is -2.14. The molecule has 0 aliphatic heterocycles. The minimum absolute atomic E-state index is 0.0694. The second kappa shape index (κ2) is 8.24. The normalized spacial score (nSPS) is 11.9. The molecule has 0 spiro atoms. The van der Waals surface area contributed by atoms with E-state index >= 15 is 0 Å². The summed E-state index contributed by atoms with van der Waals surface area (Å²) in [5.74, 6) is 6.24. The molecule has 1 aliphatic rings. The van der Waals surface area contributed by atoms with Crippen LogP contribution in [0.4, 0.5) is 4.79 Å². The largest absolute Gasteiger partial charge is 0.449 e. The van der Waals surface area contributed by atoms with E-state index in [1.165, 1.54) is 22.3 Å². The van der Waals surface area contributed by atoms with E-state index in [9.17, 15) is 4.79 Å². The van der Waals surface area contributed by atoms with E-state index in [0.717, 1.165) is 17.0 Å². The first kappa shape index (κ1) is 18.8. The van der Waals surface area contributed by atoms with Crippen LogP contribution in [0.2, 0.25) is 0 Å². The van der Waals surface area contributed by atoms with E-state index < -0.39 is 6.09 Å². The summed E-state index contributed by atoms with van der Waals surface area (Å²) in [6, 6.07) is 16.6. The summed E-state index contributed by atoms with van der Waals surface area (Å²) >= 11 is 0. The predicted molar refractivity (Wildman–Crippen MR) is 113 cm³/mol. The molecule has 1 amide bonds. The van der Waals surface area contributed by atoms with E-state index in [1.807, 2.05) is 38.1 Å². The van der Waals surface area contributed by atoms with Crippen LogP contribution in [-0.2, 0) is 4.74 Å². The highest BCUT2D eigenvalue weighted by molar-refractivity contribution is 5.79. The number of aromatic nitrogens is 2. The maximum absolute atomic E-state index is 12.1. The minimum Gasteiger partial charge on any atom is -0.449 e. The van der Waals surface area contributed by atoms with Crippen molar-refractivity contribution in [3.63, 3.8) is 0 Å². The van der Waals surface area contributed by atoms with Crippen LogP contribution in [0.5, 0.6) is 0 Å². The van der Waals surface area contributed by atoms with Crippen molar-refractivity contribution in [3.8, 4) is 23.0 Å². The van der Waals surface area contributed by atoms with E-state index in [1.54, 1.807) is 0 Å². The smallest absolute Gasteiger partial charge is 0.407 e. The molecular formula is C24H23N3O2. The molecule has 1 heterocycles. The molecule has 1 aliphatic carbocycles. The first-order valence-corrected chi connectivity index (χ1v) is 9.74. The van der Waals surface area contributed by atoms with Crippen LogP contribution in [0.3, 0.4) is 0 Å². The molecule has 29 heavy (non-hydrogen) atoms. The summed E-state index contributed by atoms with van der Waals surface area (Å²) < 4.78 is 5.52. The molecule has 5 heteroatoms. The molecule has 0 atom stereocenters. The molecule has 3 aromatic rings. The summed E-state index contributed by atoms with van der Waals surface area (Å²) in [5, 5.41) is 9.81. The Morgan fingerprint density at radius 3 is 2.38 bits per heavy atom. The molecule has 0 radical (unpaired) electrons. The molecule has 5 nitrogen and oxygen atoms in total. The molecule has 0 saturated heterocycles. The molecule has 2 N–H and O–H groups in total. The molecular weight excluding hydrogens is 362 g/mol. The second-order valence-electron chi connectivity index (χ2n) is 7.11. The number of aromatic amines is 1. The Bertz CT molecular complexity index is 1040. The zero-order valence-corrected chi connectivity index (χ0v) is 16.6. The predicted octanol–water partition coefficient (Wildman–Crippen LogP) is 4.31. The van der Waals surface area contributed by atoms with E-state index in [-0.39, 0.29) is 5.92 Å². The van der Waals surface area contributed by atoms with Gasteiger partial charge in [-0.15, -0.1) is 0 Å². The number of alkyl carbamates (subject to hydrolysis) is 1. The SMILES string of the molecule is Cc1n[nH]c(C)c1C#CCCNC(=O)OCC1c2ccccc2-c2ccccc21. The quantitative estimate of drug-likeness (QED) is 0.520. The van der Waals surface area contributed by atoms with Gasteiger partial charge in [0.05, 0.1) is 11.3 Å². The van der Waals surface area contributed by atoms with Gasteiger partial charge in [0.15, 0.2) is 0 Å². The van der Waals surface area contributed by atoms with Crippen molar-refractivity contribution in [2.45, 2.75) is 26.2 Å². The number of amides is 1. The van der Waals surface area contributed by atoms with Crippen molar-refractivity contribution >= 4 is 6.09 Å². The van der Waals surface area contributed by atoms with Gasteiger partial charge in [0, 0.05) is 24.6 Å². The van der Waals surface area contributed by atoms with Gasteiger partial charge in [-0.2, -0.15) is 5.10 Å². The fourth-order valence-electron chi connectivity index (χ4n) is 3.76. The summed E-state index contributed by atoms with van der Waals surface area (Å²) in [5.41, 5.74) is 7.62. The summed E-state index contributed by atoms with van der Waals surface area (Å²) in [6.07, 6.45) is 0.137. The van der Waals surface area contributed by atoms with Crippen LogP contribution in [0.1, 0.15) is 40.4 Å². The number of hydrogen-bond donors (Lipinski definition) is 2. The number of hydrogen-bond acceptors (Lipinski definition) is 3. The van der Waals surface area contributed by atoms with Gasteiger partial charge in [-0.05, 0) is 36.1 Å². The molecule has 0 unspecified atom stereocenters. The third-order valence-electron chi connectivity index (χ3n) is 5.20. The van der Waals surface area contributed by atoms with Crippen LogP contribution in [0.15, 0.2) is 48.5 Å². The van der Waals surface area contributed by atoms with Crippen molar-refractivity contribution < 1.29 is 9.53 Å². The number of ether oxygens (including phenoxy) is 1. The lowest BCUT2D eigenvalue weighted by atomic mass is 9.98. The monoisotopic (exact) mass is 385 g/mol. The van der Waals surface area contributed by atoms with Crippen molar-refractivity contribution in [1.29, 1.82) is 0 Å². The number of carbonyl (C=O) groups excluding carboxylic acids is 1. The van der Waals surface area contributed by atoms with Crippen LogP contribution < -0.4 is 5.32 Å². The maximum Gasteiger partial charge on any atom is 0.407 e. The summed E-state index contributed by atoms with van der Waals surface area (Å²) in [6.45, 7) is 4.62. The van der Waals surface area contributed by atoms with Gasteiger partial charge in [0.25, 0.3) is 0 Å². The number of carbonyl (C=O) groups is 1. The highest BCUT2D eigenvalue weighted by Gasteiger charge is 2.28. The summed E-state index contributed by atoms with van der Waals surface area (Å²) in [4.78, 5) is 12.1. The number of benzene rings is 2. The van der Waals surface area contributed by atoms with Crippen LogP contribution in [-0.4, -0.2) is 29.4 Å². The molecule has 4 rings (SSSR count).